The van der Waals surface area contributed by atoms with E-state index in [-0.39, 0.29) is 0 Å². The molecule has 0 amide bonds. The lowest BCUT2D eigenvalue weighted by Gasteiger charge is -2.32. The van der Waals surface area contributed by atoms with Gasteiger partial charge in [0.15, 0.2) is 0 Å². The summed E-state index contributed by atoms with van der Waals surface area (Å²) in [5, 5.41) is 8.59. The molecule has 0 radical (unpaired) electrons. The first-order valence-electron chi connectivity index (χ1n) is 8.43. The highest BCUT2D eigenvalue weighted by atomic mass is 15.2. The van der Waals surface area contributed by atoms with Crippen molar-refractivity contribution >= 4 is 16.6 Å². The van der Waals surface area contributed by atoms with E-state index >= 15 is 0 Å². The van der Waals surface area contributed by atoms with Gasteiger partial charge in [-0.05, 0) is 30.8 Å². The zero-order valence-corrected chi connectivity index (χ0v) is 14.0. The average molecular weight is 321 g/mol. The van der Waals surface area contributed by atoms with Crippen molar-refractivity contribution in [1.29, 1.82) is 0 Å². The van der Waals surface area contributed by atoms with E-state index in [0.29, 0.717) is 0 Å². The zero-order chi connectivity index (χ0) is 16.5. The molecule has 3 aromatic rings. The quantitative estimate of drug-likeness (QED) is 0.728. The van der Waals surface area contributed by atoms with Crippen LogP contribution in [0.1, 0.15) is 5.56 Å². The van der Waals surface area contributed by atoms with Gasteiger partial charge in [-0.1, -0.05) is 24.3 Å². The number of nitrogens with zero attached hydrogens (tertiary/aromatic N) is 3. The Morgan fingerprint density at radius 2 is 1.88 bits per heavy atom. The summed E-state index contributed by atoms with van der Waals surface area (Å²) in [6.45, 7) is 5.51. The van der Waals surface area contributed by atoms with E-state index in [1.165, 1.54) is 5.56 Å². The first-order valence-corrected chi connectivity index (χ1v) is 8.43. The molecule has 1 fully saturated rings. The largest absolute Gasteiger partial charge is 0.398 e. The fourth-order valence-electron chi connectivity index (χ4n) is 3.39. The minimum atomic E-state index is 0.765. The molecule has 5 nitrogen and oxygen atoms in total. The number of likely N-dealkylation sites (N-methyl/N-ethyl adjacent to an activating group) is 1. The molecule has 4 rings (SSSR count). The fourth-order valence-corrected chi connectivity index (χ4v) is 3.39. The summed E-state index contributed by atoms with van der Waals surface area (Å²) in [6, 6.07) is 14.5. The topological polar surface area (TPSA) is 61.2 Å². The number of anilines is 1. The Hall–Kier alpha value is -2.37. The third-order valence-electron chi connectivity index (χ3n) is 4.82. The van der Waals surface area contributed by atoms with Crippen LogP contribution in [0.15, 0.2) is 42.5 Å². The zero-order valence-electron chi connectivity index (χ0n) is 14.0. The summed E-state index contributed by atoms with van der Waals surface area (Å²) >= 11 is 0. The Balaban J connectivity index is 1.62. The van der Waals surface area contributed by atoms with Gasteiger partial charge in [0.05, 0.1) is 10.9 Å². The lowest BCUT2D eigenvalue weighted by Crippen LogP contribution is -2.43. The number of benzene rings is 2. The van der Waals surface area contributed by atoms with Gasteiger partial charge in [-0.3, -0.25) is 10.00 Å². The molecule has 1 aromatic heterocycles. The van der Waals surface area contributed by atoms with Crippen LogP contribution in [0.5, 0.6) is 0 Å². The van der Waals surface area contributed by atoms with Gasteiger partial charge in [-0.15, -0.1) is 0 Å². The summed E-state index contributed by atoms with van der Waals surface area (Å²) in [6.07, 6.45) is 0. The van der Waals surface area contributed by atoms with Gasteiger partial charge in [0, 0.05) is 44.0 Å². The lowest BCUT2D eigenvalue weighted by atomic mass is 10.0. The lowest BCUT2D eigenvalue weighted by molar-refractivity contribution is 0.148. The third kappa shape index (κ3) is 2.88. The van der Waals surface area contributed by atoms with Crippen LogP contribution < -0.4 is 5.73 Å². The first-order chi connectivity index (χ1) is 11.7. The number of nitrogen functional groups attached to an aromatic ring is 1. The molecule has 1 aliphatic rings. The Morgan fingerprint density at radius 3 is 2.71 bits per heavy atom. The minimum absolute atomic E-state index is 0.765. The van der Waals surface area contributed by atoms with Gasteiger partial charge >= 0.3 is 0 Å². The molecule has 0 atom stereocenters. The summed E-state index contributed by atoms with van der Waals surface area (Å²) in [5.74, 6) is 0. The smallest absolute Gasteiger partial charge is 0.102 e. The summed E-state index contributed by atoms with van der Waals surface area (Å²) in [7, 11) is 2.19. The summed E-state index contributed by atoms with van der Waals surface area (Å²) < 4.78 is 0. The predicted molar refractivity (Wildman–Crippen MR) is 98.7 cm³/mol. The van der Waals surface area contributed by atoms with Crippen LogP contribution in [0, 0.1) is 0 Å². The van der Waals surface area contributed by atoms with E-state index < -0.39 is 0 Å². The fraction of sp³-hybridized carbons (Fsp3) is 0.316. The van der Waals surface area contributed by atoms with E-state index in [4.69, 9.17) is 5.73 Å². The van der Waals surface area contributed by atoms with Gasteiger partial charge in [-0.2, -0.15) is 5.10 Å². The monoisotopic (exact) mass is 321 g/mol. The molecule has 3 N–H and O–H groups in total. The number of hydrogen-bond acceptors (Lipinski definition) is 4. The van der Waals surface area contributed by atoms with Crippen LogP contribution >= 0.6 is 0 Å². The number of fused-ring (bicyclic) bond motifs is 1. The third-order valence-corrected chi connectivity index (χ3v) is 4.82. The van der Waals surface area contributed by atoms with Gasteiger partial charge in [0.25, 0.3) is 0 Å². The van der Waals surface area contributed by atoms with E-state index in [0.717, 1.165) is 60.6 Å². The van der Waals surface area contributed by atoms with Crippen LogP contribution in [0.25, 0.3) is 22.2 Å². The Morgan fingerprint density at radius 1 is 1.08 bits per heavy atom. The first kappa shape index (κ1) is 15.2. The van der Waals surface area contributed by atoms with Crippen LogP contribution in [0.3, 0.4) is 0 Å². The van der Waals surface area contributed by atoms with Crippen LogP contribution in [-0.2, 0) is 6.54 Å². The molecule has 5 heteroatoms. The number of aromatic amines is 1. The highest BCUT2D eigenvalue weighted by Gasteiger charge is 2.15. The Labute approximate surface area is 142 Å². The molecule has 0 saturated carbocycles. The second-order valence-corrected chi connectivity index (χ2v) is 6.62. The van der Waals surface area contributed by atoms with Crippen LogP contribution in [0.2, 0.25) is 0 Å². The number of nitrogens with one attached hydrogen (secondary N) is 1. The predicted octanol–water partition coefficient (Wildman–Crippen LogP) is 2.56. The maximum absolute atomic E-state index is 6.17. The number of piperazine rings is 1. The minimum Gasteiger partial charge on any atom is -0.398 e. The van der Waals surface area contributed by atoms with E-state index in [1.807, 2.05) is 18.2 Å². The number of H-pyrrole nitrogens is 1. The normalized spacial score (nSPS) is 16.7. The second-order valence-electron chi connectivity index (χ2n) is 6.62. The van der Waals surface area contributed by atoms with Gasteiger partial charge in [-0.25, -0.2) is 0 Å². The van der Waals surface area contributed by atoms with E-state index in [9.17, 15) is 0 Å². The van der Waals surface area contributed by atoms with Crippen molar-refractivity contribution in [2.45, 2.75) is 6.54 Å². The van der Waals surface area contributed by atoms with Crippen molar-refractivity contribution in [1.82, 2.24) is 20.0 Å². The molecule has 24 heavy (non-hydrogen) atoms. The molecule has 1 aliphatic heterocycles. The molecular weight excluding hydrogens is 298 g/mol. The molecule has 2 heterocycles. The van der Waals surface area contributed by atoms with Crippen molar-refractivity contribution in [3.05, 3.63) is 48.0 Å². The second kappa shape index (κ2) is 6.26. The molecule has 0 aliphatic carbocycles. The Bertz CT molecular complexity index is 846. The highest BCUT2D eigenvalue weighted by Crippen LogP contribution is 2.31. The van der Waals surface area contributed by atoms with Crippen molar-refractivity contribution in [2.75, 3.05) is 39.0 Å². The number of hydrogen-bond donors (Lipinski definition) is 2. The van der Waals surface area contributed by atoms with Crippen molar-refractivity contribution in [3.63, 3.8) is 0 Å². The molecular formula is C19H23N5. The molecule has 2 aromatic carbocycles. The van der Waals surface area contributed by atoms with E-state index in [2.05, 4.69) is 51.3 Å². The van der Waals surface area contributed by atoms with Gasteiger partial charge < -0.3 is 10.6 Å². The molecule has 0 unspecified atom stereocenters. The summed E-state index contributed by atoms with van der Waals surface area (Å²) in [5.41, 5.74) is 11.3. The molecule has 124 valence electrons. The highest BCUT2D eigenvalue weighted by molar-refractivity contribution is 6.01. The van der Waals surface area contributed by atoms with Crippen molar-refractivity contribution < 1.29 is 0 Å². The average Bonchev–Trinajstić information content (AvgIpc) is 3.03. The van der Waals surface area contributed by atoms with Gasteiger partial charge in [0.2, 0.25) is 0 Å². The van der Waals surface area contributed by atoms with E-state index in [1.54, 1.807) is 0 Å². The number of rotatable bonds is 3. The number of aromatic nitrogens is 2. The van der Waals surface area contributed by atoms with Crippen LogP contribution in [-0.4, -0.2) is 53.2 Å². The maximum Gasteiger partial charge on any atom is 0.102 e. The maximum atomic E-state index is 6.17. The number of nitrogens with two attached hydrogens (primary N) is 1. The molecule has 1 saturated heterocycles. The van der Waals surface area contributed by atoms with Crippen LogP contribution in [0.4, 0.5) is 5.69 Å². The van der Waals surface area contributed by atoms with Crippen molar-refractivity contribution in [3.8, 4) is 11.3 Å². The van der Waals surface area contributed by atoms with Gasteiger partial charge in [0.1, 0.15) is 5.69 Å². The molecule has 0 bridgehead atoms. The van der Waals surface area contributed by atoms with Crippen molar-refractivity contribution in [2.24, 2.45) is 0 Å². The molecule has 0 spiro atoms. The summed E-state index contributed by atoms with van der Waals surface area (Å²) in [4.78, 5) is 4.89. The Kier molecular flexibility index (Phi) is 3.96. The standard InChI is InChI=1S/C19H23N5/c1-23-8-10-24(11-9-23)13-14-4-2-5-15(12-14)19-18-16(20)6-3-7-17(18)21-22-19/h2-7,12H,8-11,13,20H2,1H3,(H,21,22). The SMILES string of the molecule is CN1CCN(Cc2cccc(-c3n[nH]c4cccc(N)c34)c2)CC1.